The maximum Gasteiger partial charge on any atom is 0.257 e. The number of carbonyl (C=O) groups excluding carboxylic acids is 1. The average molecular weight is 477 g/mol. The Bertz CT molecular complexity index is 1230. The second kappa shape index (κ2) is 9.90. The van der Waals surface area contributed by atoms with Crippen molar-refractivity contribution in [2.45, 2.75) is 32.7 Å². The number of nitrogens with zero attached hydrogens (tertiary/aromatic N) is 4. The molecule has 7 nitrogen and oxygen atoms in total. The van der Waals surface area contributed by atoms with Crippen LogP contribution >= 0.6 is 0 Å². The van der Waals surface area contributed by atoms with Crippen molar-refractivity contribution in [2.75, 3.05) is 31.6 Å². The predicted molar refractivity (Wildman–Crippen MR) is 131 cm³/mol. The van der Waals surface area contributed by atoms with E-state index in [1.54, 1.807) is 24.1 Å². The van der Waals surface area contributed by atoms with Crippen LogP contribution < -0.4 is 14.4 Å². The van der Waals surface area contributed by atoms with Crippen LogP contribution in [0, 0.1) is 11.7 Å². The van der Waals surface area contributed by atoms with E-state index in [4.69, 9.17) is 19.4 Å². The van der Waals surface area contributed by atoms with Gasteiger partial charge >= 0.3 is 0 Å². The van der Waals surface area contributed by atoms with Crippen molar-refractivity contribution in [2.24, 2.45) is 5.92 Å². The summed E-state index contributed by atoms with van der Waals surface area (Å²) in [6, 6.07) is 13.4. The highest BCUT2D eigenvalue weighted by Crippen LogP contribution is 2.36. The number of halogens is 1. The summed E-state index contributed by atoms with van der Waals surface area (Å²) in [4.78, 5) is 26.6. The number of amides is 1. The third-order valence-corrected chi connectivity index (χ3v) is 6.74. The van der Waals surface area contributed by atoms with Gasteiger partial charge in [-0.1, -0.05) is 31.2 Å². The lowest BCUT2D eigenvalue weighted by Gasteiger charge is -2.33. The molecule has 0 bridgehead atoms. The first-order valence-electron chi connectivity index (χ1n) is 12.0. The molecule has 3 heterocycles. The molecule has 5 rings (SSSR count). The predicted octanol–water partition coefficient (Wildman–Crippen LogP) is 4.85. The van der Waals surface area contributed by atoms with Crippen molar-refractivity contribution in [1.82, 2.24) is 14.9 Å². The van der Waals surface area contributed by atoms with Gasteiger partial charge in [-0.2, -0.15) is 4.98 Å². The quantitative estimate of drug-likeness (QED) is 0.524. The summed E-state index contributed by atoms with van der Waals surface area (Å²) in [5.74, 6) is 1.97. The maximum atomic E-state index is 14.3. The second-order valence-electron chi connectivity index (χ2n) is 9.13. The third kappa shape index (κ3) is 4.78. The molecule has 1 fully saturated rings. The number of benzene rings is 2. The SMILES string of the molecule is COc1ccccc1Oc1nc(N2CCC(C)CC2)nc2c1CN(C(=O)c1ccccc1F)CC2. The summed E-state index contributed by atoms with van der Waals surface area (Å²) in [6.45, 7) is 4.74. The van der Waals surface area contributed by atoms with E-state index in [1.807, 2.05) is 24.3 Å². The van der Waals surface area contributed by atoms with Gasteiger partial charge in [-0.25, -0.2) is 9.37 Å². The van der Waals surface area contributed by atoms with Crippen LogP contribution in [0.2, 0.25) is 0 Å². The fourth-order valence-corrected chi connectivity index (χ4v) is 4.59. The van der Waals surface area contributed by atoms with Crippen molar-refractivity contribution in [3.05, 3.63) is 71.2 Å². The molecule has 182 valence electrons. The topological polar surface area (TPSA) is 67.8 Å². The Kier molecular flexibility index (Phi) is 6.53. The van der Waals surface area contributed by atoms with Gasteiger partial charge in [0.25, 0.3) is 5.91 Å². The first kappa shape index (κ1) is 23.1. The van der Waals surface area contributed by atoms with Crippen LogP contribution in [0.15, 0.2) is 48.5 Å². The molecule has 1 aromatic heterocycles. The molecule has 35 heavy (non-hydrogen) atoms. The van der Waals surface area contributed by atoms with Gasteiger partial charge in [-0.05, 0) is 43.0 Å². The van der Waals surface area contributed by atoms with E-state index in [-0.39, 0.29) is 18.0 Å². The molecular formula is C27H29FN4O3. The molecule has 1 saturated heterocycles. The molecule has 0 spiro atoms. The highest BCUT2D eigenvalue weighted by molar-refractivity contribution is 5.94. The van der Waals surface area contributed by atoms with E-state index in [1.165, 1.54) is 12.1 Å². The lowest BCUT2D eigenvalue weighted by molar-refractivity contribution is 0.0727. The number of anilines is 1. The zero-order valence-corrected chi connectivity index (χ0v) is 20.0. The minimum absolute atomic E-state index is 0.0584. The van der Waals surface area contributed by atoms with Gasteiger partial charge in [0, 0.05) is 26.1 Å². The average Bonchev–Trinajstić information content (AvgIpc) is 2.89. The zero-order valence-electron chi connectivity index (χ0n) is 20.0. The van der Waals surface area contributed by atoms with Gasteiger partial charge in [0.2, 0.25) is 11.8 Å². The van der Waals surface area contributed by atoms with Gasteiger partial charge in [-0.15, -0.1) is 0 Å². The van der Waals surface area contributed by atoms with Crippen molar-refractivity contribution >= 4 is 11.9 Å². The van der Waals surface area contributed by atoms with Crippen LogP contribution in [0.1, 0.15) is 41.4 Å². The fourth-order valence-electron chi connectivity index (χ4n) is 4.59. The van der Waals surface area contributed by atoms with Crippen LogP contribution in [0.4, 0.5) is 10.3 Å². The summed E-state index contributed by atoms with van der Waals surface area (Å²) in [5.41, 5.74) is 1.65. The van der Waals surface area contributed by atoms with Crippen LogP contribution in [0.3, 0.4) is 0 Å². The van der Waals surface area contributed by atoms with E-state index in [9.17, 15) is 9.18 Å². The van der Waals surface area contributed by atoms with Gasteiger partial charge in [0.05, 0.1) is 30.5 Å². The minimum Gasteiger partial charge on any atom is -0.493 e. The zero-order chi connectivity index (χ0) is 24.4. The van der Waals surface area contributed by atoms with Gasteiger partial charge in [0.1, 0.15) is 5.82 Å². The van der Waals surface area contributed by atoms with E-state index < -0.39 is 5.82 Å². The van der Waals surface area contributed by atoms with Gasteiger partial charge < -0.3 is 19.3 Å². The summed E-state index contributed by atoms with van der Waals surface area (Å²) in [6.07, 6.45) is 2.72. The molecule has 2 aliphatic rings. The number of aromatic nitrogens is 2. The van der Waals surface area contributed by atoms with Gasteiger partial charge in [-0.3, -0.25) is 4.79 Å². The Balaban J connectivity index is 1.50. The molecule has 0 aliphatic carbocycles. The normalized spacial score (nSPS) is 16.1. The highest BCUT2D eigenvalue weighted by Gasteiger charge is 2.30. The standard InChI is InChI=1S/C27H29FN4O3/c1-18-11-14-31(15-12-18)27-29-22-13-16-32(26(33)19-7-3-4-8-21(19)28)17-20(22)25(30-27)35-24-10-6-5-9-23(24)34-2/h3-10,18H,11-17H2,1-2H3. The lowest BCUT2D eigenvalue weighted by atomic mass is 9.99. The monoisotopic (exact) mass is 476 g/mol. The summed E-state index contributed by atoms with van der Waals surface area (Å²) in [7, 11) is 1.59. The molecule has 3 aromatic rings. The first-order chi connectivity index (χ1) is 17.0. The Hall–Kier alpha value is -3.68. The number of rotatable bonds is 5. The fraction of sp³-hybridized carbons (Fsp3) is 0.370. The van der Waals surface area contributed by atoms with Crippen molar-refractivity contribution < 1.29 is 18.7 Å². The molecule has 2 aromatic carbocycles. The molecule has 0 atom stereocenters. The molecule has 0 saturated carbocycles. The number of ether oxygens (including phenoxy) is 2. The number of para-hydroxylation sites is 2. The van der Waals surface area contributed by atoms with Crippen LogP contribution in [-0.2, 0) is 13.0 Å². The van der Waals surface area contributed by atoms with Crippen molar-refractivity contribution in [3.63, 3.8) is 0 Å². The van der Waals surface area contributed by atoms with E-state index in [0.717, 1.165) is 37.2 Å². The Morgan fingerprint density at radius 2 is 1.71 bits per heavy atom. The number of hydrogen-bond donors (Lipinski definition) is 0. The molecule has 0 radical (unpaired) electrons. The van der Waals surface area contributed by atoms with Gasteiger partial charge in [0.15, 0.2) is 11.5 Å². The molecular weight excluding hydrogens is 447 g/mol. The Labute approximate surface area is 204 Å². The van der Waals surface area contributed by atoms with E-state index >= 15 is 0 Å². The second-order valence-corrected chi connectivity index (χ2v) is 9.13. The molecule has 1 amide bonds. The van der Waals surface area contributed by atoms with Crippen LogP contribution in [0.5, 0.6) is 17.4 Å². The first-order valence-corrected chi connectivity index (χ1v) is 12.0. The van der Waals surface area contributed by atoms with Crippen molar-refractivity contribution in [1.29, 1.82) is 0 Å². The number of hydrogen-bond acceptors (Lipinski definition) is 6. The lowest BCUT2D eigenvalue weighted by Crippen LogP contribution is -2.38. The number of carbonyl (C=O) groups is 1. The largest absolute Gasteiger partial charge is 0.493 e. The molecule has 8 heteroatoms. The third-order valence-electron chi connectivity index (χ3n) is 6.74. The highest BCUT2D eigenvalue weighted by atomic mass is 19.1. The molecule has 2 aliphatic heterocycles. The molecule has 0 unspecified atom stereocenters. The van der Waals surface area contributed by atoms with E-state index in [2.05, 4.69) is 11.8 Å². The Morgan fingerprint density at radius 1 is 1.00 bits per heavy atom. The number of piperidine rings is 1. The van der Waals surface area contributed by atoms with E-state index in [0.29, 0.717) is 42.2 Å². The summed E-state index contributed by atoms with van der Waals surface area (Å²) < 4.78 is 26.1. The number of fused-ring (bicyclic) bond motifs is 1. The van der Waals surface area contributed by atoms with Crippen molar-refractivity contribution in [3.8, 4) is 17.4 Å². The summed E-state index contributed by atoms with van der Waals surface area (Å²) in [5, 5.41) is 0. The van der Waals surface area contributed by atoms with Crippen LogP contribution in [-0.4, -0.2) is 47.5 Å². The summed E-state index contributed by atoms with van der Waals surface area (Å²) >= 11 is 0. The Morgan fingerprint density at radius 3 is 2.46 bits per heavy atom. The maximum absolute atomic E-state index is 14.3. The number of methoxy groups -OCH3 is 1. The molecule has 0 N–H and O–H groups in total. The minimum atomic E-state index is -0.528. The van der Waals surface area contributed by atoms with Crippen LogP contribution in [0.25, 0.3) is 0 Å². The smallest absolute Gasteiger partial charge is 0.257 e.